The number of halogens is 1. The van der Waals surface area contributed by atoms with Gasteiger partial charge in [0.05, 0.1) is 6.04 Å². The first kappa shape index (κ1) is 18.6. The lowest BCUT2D eigenvalue weighted by atomic mass is 10.0. The molecule has 7 nitrogen and oxygen atoms in total. The van der Waals surface area contributed by atoms with Gasteiger partial charge in [0.1, 0.15) is 17.6 Å². The van der Waals surface area contributed by atoms with Gasteiger partial charge in [0.2, 0.25) is 0 Å². The molecule has 1 aliphatic rings. The SMILES string of the molecule is CNc1c(Cl)ncnc1N1CCCC(N(C)C(=O)OC(C)(C)C)C1. The second-order valence-electron chi connectivity index (χ2n) is 6.95. The third-order valence-electron chi connectivity index (χ3n) is 3.96. The molecular weight excluding hydrogens is 330 g/mol. The van der Waals surface area contributed by atoms with Gasteiger partial charge in [-0.3, -0.25) is 0 Å². The van der Waals surface area contributed by atoms with Crippen LogP contribution in [0, 0.1) is 0 Å². The van der Waals surface area contributed by atoms with Crippen molar-refractivity contribution in [1.82, 2.24) is 14.9 Å². The quantitative estimate of drug-likeness (QED) is 0.840. The minimum Gasteiger partial charge on any atom is -0.444 e. The Hall–Kier alpha value is -1.76. The molecule has 134 valence electrons. The van der Waals surface area contributed by atoms with E-state index in [-0.39, 0.29) is 12.1 Å². The van der Waals surface area contributed by atoms with Crippen LogP contribution in [0.5, 0.6) is 0 Å². The molecule has 1 fully saturated rings. The number of ether oxygens (including phenoxy) is 1. The Bertz CT molecular complexity index is 590. The van der Waals surface area contributed by atoms with E-state index >= 15 is 0 Å². The fourth-order valence-electron chi connectivity index (χ4n) is 2.76. The average molecular weight is 356 g/mol. The summed E-state index contributed by atoms with van der Waals surface area (Å²) in [5.74, 6) is 0.764. The van der Waals surface area contributed by atoms with E-state index in [1.54, 1.807) is 19.0 Å². The maximum Gasteiger partial charge on any atom is 0.410 e. The molecule has 0 bridgehead atoms. The Labute approximate surface area is 148 Å². The number of likely N-dealkylation sites (N-methyl/N-ethyl adjacent to an activating group) is 1. The summed E-state index contributed by atoms with van der Waals surface area (Å²) in [5, 5.41) is 3.45. The summed E-state index contributed by atoms with van der Waals surface area (Å²) in [6.45, 7) is 7.15. The molecule has 1 amide bonds. The number of carbonyl (C=O) groups excluding carboxylic acids is 1. The lowest BCUT2D eigenvalue weighted by Crippen LogP contribution is -2.50. The van der Waals surface area contributed by atoms with Gasteiger partial charge in [0, 0.05) is 27.2 Å². The van der Waals surface area contributed by atoms with Crippen molar-refractivity contribution >= 4 is 29.2 Å². The smallest absolute Gasteiger partial charge is 0.410 e. The largest absolute Gasteiger partial charge is 0.444 e. The average Bonchev–Trinajstić information content (AvgIpc) is 2.52. The Morgan fingerprint density at radius 2 is 2.17 bits per heavy atom. The topological polar surface area (TPSA) is 70.6 Å². The summed E-state index contributed by atoms with van der Waals surface area (Å²) >= 11 is 6.15. The van der Waals surface area contributed by atoms with Crippen molar-refractivity contribution in [3.8, 4) is 0 Å². The van der Waals surface area contributed by atoms with Crippen molar-refractivity contribution in [1.29, 1.82) is 0 Å². The number of hydrogen-bond acceptors (Lipinski definition) is 6. The van der Waals surface area contributed by atoms with Gasteiger partial charge in [-0.15, -0.1) is 0 Å². The Kier molecular flexibility index (Phi) is 5.74. The number of aromatic nitrogens is 2. The minimum absolute atomic E-state index is 0.0621. The Balaban J connectivity index is 2.12. The van der Waals surface area contributed by atoms with Crippen LogP contribution in [0.15, 0.2) is 6.33 Å². The van der Waals surface area contributed by atoms with Crippen LogP contribution >= 0.6 is 11.6 Å². The molecule has 2 rings (SSSR count). The summed E-state index contributed by atoms with van der Waals surface area (Å²) < 4.78 is 5.47. The van der Waals surface area contributed by atoms with E-state index in [9.17, 15) is 4.79 Å². The zero-order chi connectivity index (χ0) is 17.9. The van der Waals surface area contributed by atoms with E-state index in [1.165, 1.54) is 6.33 Å². The van der Waals surface area contributed by atoms with Gasteiger partial charge in [-0.05, 0) is 33.6 Å². The number of nitrogens with one attached hydrogen (secondary N) is 1. The lowest BCUT2D eigenvalue weighted by Gasteiger charge is -2.39. The molecule has 0 aromatic carbocycles. The number of carbonyl (C=O) groups is 1. The van der Waals surface area contributed by atoms with Crippen molar-refractivity contribution in [3.05, 3.63) is 11.5 Å². The molecule has 0 spiro atoms. The second-order valence-corrected chi connectivity index (χ2v) is 7.30. The maximum absolute atomic E-state index is 12.3. The number of anilines is 2. The predicted octanol–water partition coefficient (Wildman–Crippen LogP) is 3.01. The number of nitrogens with zero attached hydrogens (tertiary/aromatic N) is 4. The first-order valence-electron chi connectivity index (χ1n) is 8.12. The molecule has 24 heavy (non-hydrogen) atoms. The molecule has 0 aliphatic carbocycles. The zero-order valence-corrected chi connectivity index (χ0v) is 15.7. The molecule has 1 atom stereocenters. The Morgan fingerprint density at radius 3 is 2.79 bits per heavy atom. The van der Waals surface area contributed by atoms with Crippen LogP contribution in [0.1, 0.15) is 33.6 Å². The third-order valence-corrected chi connectivity index (χ3v) is 4.24. The first-order chi connectivity index (χ1) is 11.2. The van der Waals surface area contributed by atoms with Crippen LogP contribution in [0.2, 0.25) is 5.15 Å². The van der Waals surface area contributed by atoms with E-state index in [1.807, 2.05) is 20.8 Å². The molecule has 2 heterocycles. The zero-order valence-electron chi connectivity index (χ0n) is 15.0. The molecule has 1 unspecified atom stereocenters. The van der Waals surface area contributed by atoms with Crippen molar-refractivity contribution in [2.45, 2.75) is 45.3 Å². The molecule has 1 aromatic heterocycles. The van der Waals surface area contributed by atoms with Gasteiger partial charge >= 0.3 is 6.09 Å². The van der Waals surface area contributed by atoms with Gasteiger partial charge in [-0.2, -0.15) is 0 Å². The minimum atomic E-state index is -0.501. The number of piperidine rings is 1. The van der Waals surface area contributed by atoms with Crippen LogP contribution in [-0.4, -0.2) is 59.8 Å². The van der Waals surface area contributed by atoms with E-state index in [0.29, 0.717) is 17.4 Å². The van der Waals surface area contributed by atoms with E-state index < -0.39 is 5.60 Å². The summed E-state index contributed by atoms with van der Waals surface area (Å²) in [7, 11) is 3.58. The van der Waals surface area contributed by atoms with Crippen molar-refractivity contribution in [2.24, 2.45) is 0 Å². The van der Waals surface area contributed by atoms with Gasteiger partial charge < -0.3 is 19.9 Å². The summed E-state index contributed by atoms with van der Waals surface area (Å²) in [5.41, 5.74) is 0.207. The highest BCUT2D eigenvalue weighted by atomic mass is 35.5. The molecule has 1 saturated heterocycles. The van der Waals surface area contributed by atoms with Crippen LogP contribution in [0.25, 0.3) is 0 Å². The maximum atomic E-state index is 12.3. The molecule has 1 N–H and O–H groups in total. The van der Waals surface area contributed by atoms with Crippen LogP contribution in [0.3, 0.4) is 0 Å². The molecule has 0 radical (unpaired) electrons. The van der Waals surface area contributed by atoms with Crippen LogP contribution in [-0.2, 0) is 4.74 Å². The monoisotopic (exact) mass is 355 g/mol. The highest BCUT2D eigenvalue weighted by molar-refractivity contribution is 6.32. The normalized spacial score (nSPS) is 18.2. The van der Waals surface area contributed by atoms with E-state index in [4.69, 9.17) is 16.3 Å². The second kappa shape index (κ2) is 7.42. The third kappa shape index (κ3) is 4.41. The number of amides is 1. The fraction of sp³-hybridized carbons (Fsp3) is 0.688. The molecule has 1 aromatic rings. The molecule has 1 aliphatic heterocycles. The lowest BCUT2D eigenvalue weighted by molar-refractivity contribution is 0.0209. The van der Waals surface area contributed by atoms with Crippen molar-refractivity contribution in [3.63, 3.8) is 0 Å². The van der Waals surface area contributed by atoms with E-state index in [0.717, 1.165) is 25.2 Å². The van der Waals surface area contributed by atoms with E-state index in [2.05, 4.69) is 20.2 Å². The summed E-state index contributed by atoms with van der Waals surface area (Å²) in [4.78, 5) is 24.5. The summed E-state index contributed by atoms with van der Waals surface area (Å²) in [6, 6.07) is 0.0621. The van der Waals surface area contributed by atoms with Crippen LogP contribution in [0.4, 0.5) is 16.3 Å². The highest BCUT2D eigenvalue weighted by Crippen LogP contribution is 2.31. The number of hydrogen-bond donors (Lipinski definition) is 1. The predicted molar refractivity (Wildman–Crippen MR) is 95.8 cm³/mol. The molecule has 0 saturated carbocycles. The van der Waals surface area contributed by atoms with Crippen molar-refractivity contribution < 1.29 is 9.53 Å². The highest BCUT2D eigenvalue weighted by Gasteiger charge is 2.30. The first-order valence-corrected chi connectivity index (χ1v) is 8.49. The van der Waals surface area contributed by atoms with Gasteiger partial charge in [-0.1, -0.05) is 11.6 Å². The molecular formula is C16H26ClN5O2. The summed E-state index contributed by atoms with van der Waals surface area (Å²) in [6.07, 6.45) is 3.05. The fourth-order valence-corrected chi connectivity index (χ4v) is 2.98. The molecule has 8 heteroatoms. The van der Waals surface area contributed by atoms with Gasteiger partial charge in [0.15, 0.2) is 11.0 Å². The van der Waals surface area contributed by atoms with Crippen molar-refractivity contribution in [2.75, 3.05) is 37.4 Å². The number of rotatable bonds is 3. The standard InChI is InChI=1S/C16H26ClN5O2/c1-16(2,3)24-15(23)21(5)11-7-6-8-22(9-11)14-12(18-4)13(17)19-10-20-14/h10-11,18H,6-9H2,1-5H3. The Morgan fingerprint density at radius 1 is 1.46 bits per heavy atom. The van der Waals surface area contributed by atoms with Gasteiger partial charge in [0.25, 0.3) is 0 Å². The van der Waals surface area contributed by atoms with Crippen LogP contribution < -0.4 is 10.2 Å². The van der Waals surface area contributed by atoms with Gasteiger partial charge in [-0.25, -0.2) is 14.8 Å².